The Kier molecular flexibility index (Phi) is 8.78. The van der Waals surface area contributed by atoms with E-state index in [2.05, 4.69) is 60.1 Å². The molecular weight excluding hydrogens is 349 g/mol. The summed E-state index contributed by atoms with van der Waals surface area (Å²) in [5.41, 5.74) is 0. The van der Waals surface area contributed by atoms with E-state index >= 15 is 0 Å². The molecule has 2 saturated heterocycles. The van der Waals surface area contributed by atoms with Crippen LogP contribution in [0.2, 0.25) is 0 Å². The number of nitrogens with zero attached hydrogens (tertiary/aromatic N) is 1. The first-order valence-corrected chi connectivity index (χ1v) is 11.6. The van der Waals surface area contributed by atoms with E-state index in [-0.39, 0.29) is 24.4 Å². The van der Waals surface area contributed by atoms with Crippen molar-refractivity contribution < 1.29 is 18.5 Å². The quantitative estimate of drug-likeness (QED) is 0.527. The Morgan fingerprint density at radius 2 is 1.42 bits per heavy atom. The monoisotopic (exact) mass is 389 g/mol. The molecule has 2 rings (SSSR count). The molecule has 2 heterocycles. The summed E-state index contributed by atoms with van der Waals surface area (Å²) < 4.78 is 27.4. The van der Waals surface area contributed by atoms with E-state index in [1.54, 1.807) is 0 Å². The van der Waals surface area contributed by atoms with Gasteiger partial charge in [0.25, 0.3) is 8.53 Å². The molecule has 0 N–H and O–H groups in total. The molecule has 5 nitrogen and oxygen atoms in total. The summed E-state index contributed by atoms with van der Waals surface area (Å²) in [6, 6.07) is 0. The molecule has 5 unspecified atom stereocenters. The zero-order valence-electron chi connectivity index (χ0n) is 18.0. The molecule has 0 aromatic carbocycles. The SMILES string of the molecule is CC[C@H]1O[C@@H](C)C(OP(OC[C@H]2O[C@@H](C)C(C)C2C)N(CC)CC)C1C. The van der Waals surface area contributed by atoms with Crippen LogP contribution in [0.4, 0.5) is 0 Å². The standard InChI is InChI=1S/C20H40NO4P/c1-9-18-15(6)20(17(8)24-18)25-26(21(10-2)11-3)22-12-19-14(5)13(4)16(7)23-19/h13-20H,9-12H2,1-8H3/t13?,14?,15?,16-,17-,18+,19+,20?,26?/m0/s1. The van der Waals surface area contributed by atoms with Crippen LogP contribution in [0.1, 0.15) is 61.8 Å². The van der Waals surface area contributed by atoms with Gasteiger partial charge in [0.15, 0.2) is 0 Å². The zero-order valence-corrected chi connectivity index (χ0v) is 18.9. The topological polar surface area (TPSA) is 40.2 Å². The van der Waals surface area contributed by atoms with E-state index in [1.807, 2.05) is 0 Å². The largest absolute Gasteiger partial charge is 0.372 e. The van der Waals surface area contributed by atoms with Crippen molar-refractivity contribution in [1.82, 2.24) is 4.67 Å². The normalized spacial score (nSPS) is 41.9. The Labute approximate surface area is 162 Å². The van der Waals surface area contributed by atoms with E-state index in [4.69, 9.17) is 18.5 Å². The maximum atomic E-state index is 6.55. The van der Waals surface area contributed by atoms with Crippen molar-refractivity contribution in [2.24, 2.45) is 17.8 Å². The molecule has 9 atom stereocenters. The van der Waals surface area contributed by atoms with Crippen molar-refractivity contribution in [1.29, 1.82) is 0 Å². The summed E-state index contributed by atoms with van der Waals surface area (Å²) in [4.78, 5) is 0. The molecule has 26 heavy (non-hydrogen) atoms. The predicted molar refractivity (Wildman–Crippen MR) is 107 cm³/mol. The van der Waals surface area contributed by atoms with Gasteiger partial charge < -0.3 is 18.5 Å². The molecule has 2 fully saturated rings. The van der Waals surface area contributed by atoms with Gasteiger partial charge in [0.1, 0.15) is 0 Å². The molecule has 154 valence electrons. The second-order valence-corrected chi connectivity index (χ2v) is 9.50. The van der Waals surface area contributed by atoms with Gasteiger partial charge in [-0.2, -0.15) is 0 Å². The second kappa shape index (κ2) is 10.1. The summed E-state index contributed by atoms with van der Waals surface area (Å²) in [5.74, 6) is 1.47. The third kappa shape index (κ3) is 4.98. The molecule has 2 aliphatic rings. The lowest BCUT2D eigenvalue weighted by Crippen LogP contribution is -2.31. The van der Waals surface area contributed by atoms with E-state index in [0.717, 1.165) is 19.5 Å². The minimum Gasteiger partial charge on any atom is -0.372 e. The Morgan fingerprint density at radius 3 is 1.88 bits per heavy atom. The molecule has 2 aliphatic heterocycles. The molecule has 0 radical (unpaired) electrons. The number of rotatable bonds is 9. The number of hydrogen-bond acceptors (Lipinski definition) is 5. The van der Waals surface area contributed by atoms with Crippen molar-refractivity contribution >= 4 is 8.53 Å². The van der Waals surface area contributed by atoms with Gasteiger partial charge in [-0.1, -0.05) is 41.5 Å². The molecule has 0 aliphatic carbocycles. The Balaban J connectivity index is 2.00. The van der Waals surface area contributed by atoms with Gasteiger partial charge in [-0.05, 0) is 32.1 Å². The first-order chi connectivity index (χ1) is 12.3. The highest BCUT2D eigenvalue weighted by Gasteiger charge is 2.43. The average molecular weight is 390 g/mol. The first kappa shape index (κ1) is 22.5. The van der Waals surface area contributed by atoms with E-state index in [0.29, 0.717) is 30.5 Å². The molecule has 0 amide bonds. The lowest BCUT2D eigenvalue weighted by Gasteiger charge is -2.32. The fraction of sp³-hybridized carbons (Fsp3) is 1.00. The third-order valence-corrected chi connectivity index (χ3v) is 8.25. The fourth-order valence-corrected chi connectivity index (χ4v) is 5.79. The highest BCUT2D eigenvalue weighted by Crippen LogP contribution is 2.48. The fourth-order valence-electron chi connectivity index (χ4n) is 4.12. The van der Waals surface area contributed by atoms with Gasteiger partial charge in [-0.3, -0.25) is 0 Å². The molecule has 0 aromatic heterocycles. The zero-order chi connectivity index (χ0) is 19.4. The summed E-state index contributed by atoms with van der Waals surface area (Å²) in [6.45, 7) is 20.0. The second-order valence-electron chi connectivity index (χ2n) is 7.99. The van der Waals surface area contributed by atoms with Crippen LogP contribution in [0.15, 0.2) is 0 Å². The van der Waals surface area contributed by atoms with Crippen LogP contribution in [0.5, 0.6) is 0 Å². The Bertz CT molecular complexity index is 423. The third-order valence-electron chi connectivity index (χ3n) is 6.43. The van der Waals surface area contributed by atoms with E-state index in [9.17, 15) is 0 Å². The van der Waals surface area contributed by atoms with Crippen molar-refractivity contribution in [2.45, 2.75) is 92.3 Å². The summed E-state index contributed by atoms with van der Waals surface area (Å²) in [7, 11) is -1.10. The van der Waals surface area contributed by atoms with Gasteiger partial charge in [0, 0.05) is 19.0 Å². The van der Waals surface area contributed by atoms with E-state index in [1.165, 1.54) is 0 Å². The molecule has 6 heteroatoms. The van der Waals surface area contributed by atoms with Crippen LogP contribution in [-0.2, 0) is 18.5 Å². The Morgan fingerprint density at radius 1 is 0.808 bits per heavy atom. The van der Waals surface area contributed by atoms with Gasteiger partial charge in [0.2, 0.25) is 0 Å². The lowest BCUT2D eigenvalue weighted by atomic mass is 9.91. The van der Waals surface area contributed by atoms with Crippen LogP contribution < -0.4 is 0 Å². The van der Waals surface area contributed by atoms with Gasteiger partial charge in [-0.15, -0.1) is 0 Å². The number of hydrogen-bond donors (Lipinski definition) is 0. The van der Waals surface area contributed by atoms with Crippen molar-refractivity contribution in [3.8, 4) is 0 Å². The van der Waals surface area contributed by atoms with Crippen LogP contribution in [0.3, 0.4) is 0 Å². The van der Waals surface area contributed by atoms with Crippen LogP contribution in [0, 0.1) is 17.8 Å². The van der Waals surface area contributed by atoms with Gasteiger partial charge in [-0.25, -0.2) is 4.67 Å². The smallest absolute Gasteiger partial charge is 0.259 e. The summed E-state index contributed by atoms with van der Waals surface area (Å²) in [6.07, 6.45) is 1.96. The van der Waals surface area contributed by atoms with Crippen LogP contribution >= 0.6 is 8.53 Å². The van der Waals surface area contributed by atoms with Crippen molar-refractivity contribution in [2.75, 3.05) is 19.7 Å². The molecular formula is C20H40NO4P. The van der Waals surface area contributed by atoms with Crippen molar-refractivity contribution in [3.63, 3.8) is 0 Å². The summed E-state index contributed by atoms with van der Waals surface area (Å²) in [5, 5.41) is 0. The summed E-state index contributed by atoms with van der Waals surface area (Å²) >= 11 is 0. The maximum absolute atomic E-state index is 6.55. The van der Waals surface area contributed by atoms with Crippen LogP contribution in [-0.4, -0.2) is 54.9 Å². The minimum atomic E-state index is -1.10. The first-order valence-electron chi connectivity index (χ1n) is 10.5. The molecule has 0 saturated carbocycles. The molecule has 0 bridgehead atoms. The Hall–Kier alpha value is 0.230. The minimum absolute atomic E-state index is 0.0893. The van der Waals surface area contributed by atoms with Gasteiger partial charge >= 0.3 is 0 Å². The molecule has 0 aromatic rings. The van der Waals surface area contributed by atoms with E-state index < -0.39 is 8.53 Å². The number of ether oxygens (including phenoxy) is 2. The van der Waals surface area contributed by atoms with Crippen LogP contribution in [0.25, 0.3) is 0 Å². The molecule has 0 spiro atoms. The van der Waals surface area contributed by atoms with Gasteiger partial charge in [0.05, 0.1) is 37.1 Å². The maximum Gasteiger partial charge on any atom is 0.259 e. The lowest BCUT2D eigenvalue weighted by molar-refractivity contribution is 0.00133. The average Bonchev–Trinajstić information content (AvgIpc) is 3.04. The highest BCUT2D eigenvalue weighted by molar-refractivity contribution is 7.44. The van der Waals surface area contributed by atoms with Crippen molar-refractivity contribution in [3.05, 3.63) is 0 Å². The highest BCUT2D eigenvalue weighted by atomic mass is 31.2. The predicted octanol–water partition coefficient (Wildman–Crippen LogP) is 4.85.